The number of esters is 1. The largest absolute Gasteiger partial charge is 0.496 e. The number of rotatable bonds is 2. The number of amides is 1. The lowest BCUT2D eigenvalue weighted by molar-refractivity contribution is -0.170. The molecule has 3 aliphatic heterocycles. The standard InChI is InChI=1S/C20H23NO5/c1-5-13-9-10-19-14(7-6-8-15(22)21(13)19)11(2)16(23)20(19)17(25-4)12(3)18(24)26-20/h5,13H,1,6-10H2,2-4H3/t13-,19-,20-/m0/s1. The molecule has 0 N–H and O–H groups in total. The SMILES string of the molecule is C=C[C@H]1CC[C@]23C(=C(C)C(=O)[C@@]24OC(=O)C(C)=C4OC)CCCC(=O)N13. The Morgan fingerprint density at radius 2 is 1.96 bits per heavy atom. The van der Waals surface area contributed by atoms with Crippen molar-refractivity contribution in [3.05, 3.63) is 35.1 Å². The maximum atomic E-state index is 13.5. The Kier molecular flexibility index (Phi) is 3.49. The molecule has 0 saturated carbocycles. The maximum absolute atomic E-state index is 13.5. The molecule has 6 nitrogen and oxygen atoms in total. The topological polar surface area (TPSA) is 72.9 Å². The summed E-state index contributed by atoms with van der Waals surface area (Å²) in [5, 5.41) is 0. The monoisotopic (exact) mass is 357 g/mol. The molecule has 0 aromatic rings. The van der Waals surface area contributed by atoms with Gasteiger partial charge in [-0.25, -0.2) is 4.79 Å². The molecule has 138 valence electrons. The van der Waals surface area contributed by atoms with Crippen molar-refractivity contribution in [2.75, 3.05) is 7.11 Å². The van der Waals surface area contributed by atoms with Gasteiger partial charge in [0.25, 0.3) is 5.60 Å². The molecular weight excluding hydrogens is 334 g/mol. The quantitative estimate of drug-likeness (QED) is 0.560. The van der Waals surface area contributed by atoms with Crippen molar-refractivity contribution in [1.82, 2.24) is 4.90 Å². The van der Waals surface area contributed by atoms with Crippen molar-refractivity contribution < 1.29 is 23.9 Å². The molecule has 0 aromatic heterocycles. The zero-order chi connectivity index (χ0) is 18.9. The first-order valence-corrected chi connectivity index (χ1v) is 9.05. The molecule has 0 bridgehead atoms. The van der Waals surface area contributed by atoms with E-state index >= 15 is 0 Å². The second kappa shape index (κ2) is 5.32. The molecular formula is C20H23NO5. The number of ether oxygens (including phenoxy) is 2. The second-order valence-corrected chi connectivity index (χ2v) is 7.48. The molecule has 4 rings (SSSR count). The van der Waals surface area contributed by atoms with Crippen molar-refractivity contribution in [1.29, 1.82) is 0 Å². The van der Waals surface area contributed by atoms with Crippen LogP contribution in [0.5, 0.6) is 0 Å². The Bertz CT molecular complexity index is 822. The van der Waals surface area contributed by atoms with Crippen molar-refractivity contribution >= 4 is 17.7 Å². The summed E-state index contributed by atoms with van der Waals surface area (Å²) in [7, 11) is 1.45. The van der Waals surface area contributed by atoms with Crippen LogP contribution in [0.4, 0.5) is 0 Å². The predicted molar refractivity (Wildman–Crippen MR) is 92.9 cm³/mol. The van der Waals surface area contributed by atoms with E-state index in [2.05, 4.69) is 6.58 Å². The van der Waals surface area contributed by atoms with E-state index in [1.54, 1.807) is 24.8 Å². The van der Waals surface area contributed by atoms with E-state index in [9.17, 15) is 14.4 Å². The molecule has 1 amide bonds. The smallest absolute Gasteiger partial charge is 0.338 e. The van der Waals surface area contributed by atoms with E-state index < -0.39 is 17.1 Å². The molecule has 26 heavy (non-hydrogen) atoms. The molecule has 1 aliphatic carbocycles. The van der Waals surface area contributed by atoms with Gasteiger partial charge in [-0.15, -0.1) is 6.58 Å². The Morgan fingerprint density at radius 1 is 1.23 bits per heavy atom. The van der Waals surface area contributed by atoms with Gasteiger partial charge in [0.15, 0.2) is 5.76 Å². The number of carbonyl (C=O) groups is 3. The fraction of sp³-hybridized carbons (Fsp3) is 0.550. The first-order valence-electron chi connectivity index (χ1n) is 9.05. The van der Waals surface area contributed by atoms with Crippen molar-refractivity contribution in [3.63, 3.8) is 0 Å². The highest BCUT2D eigenvalue weighted by Crippen LogP contribution is 2.61. The first kappa shape index (κ1) is 17.1. The highest BCUT2D eigenvalue weighted by molar-refractivity contribution is 6.14. The Morgan fingerprint density at radius 3 is 2.62 bits per heavy atom. The van der Waals surface area contributed by atoms with E-state index in [0.717, 1.165) is 5.57 Å². The van der Waals surface area contributed by atoms with Crippen molar-refractivity contribution in [2.45, 2.75) is 63.1 Å². The van der Waals surface area contributed by atoms with Crippen LogP contribution in [-0.2, 0) is 23.9 Å². The molecule has 0 radical (unpaired) electrons. The molecule has 6 heteroatoms. The summed E-state index contributed by atoms with van der Waals surface area (Å²) in [5.74, 6) is -0.608. The van der Waals surface area contributed by atoms with E-state index in [1.807, 2.05) is 0 Å². The van der Waals surface area contributed by atoms with Crippen LogP contribution in [0.1, 0.15) is 46.0 Å². The third-order valence-electron chi connectivity index (χ3n) is 6.51. The minimum absolute atomic E-state index is 0.0275. The van der Waals surface area contributed by atoms with Gasteiger partial charge in [-0.3, -0.25) is 9.59 Å². The van der Waals surface area contributed by atoms with Gasteiger partial charge in [0.1, 0.15) is 5.54 Å². The number of ketones is 1. The summed E-state index contributed by atoms with van der Waals surface area (Å²) in [6.45, 7) is 7.27. The average Bonchev–Trinajstić information content (AvgIpc) is 3.14. The summed E-state index contributed by atoms with van der Waals surface area (Å²) < 4.78 is 11.4. The Labute approximate surface area is 152 Å². The number of carbonyl (C=O) groups excluding carboxylic acids is 3. The summed E-state index contributed by atoms with van der Waals surface area (Å²) in [4.78, 5) is 40.8. The van der Waals surface area contributed by atoms with Crippen LogP contribution in [0, 0.1) is 0 Å². The summed E-state index contributed by atoms with van der Waals surface area (Å²) in [6, 6.07) is -0.191. The Hall–Kier alpha value is -2.37. The fourth-order valence-corrected chi connectivity index (χ4v) is 5.53. The number of nitrogens with zero attached hydrogens (tertiary/aromatic N) is 1. The van der Waals surface area contributed by atoms with Crippen LogP contribution in [0.2, 0.25) is 0 Å². The van der Waals surface area contributed by atoms with Crippen LogP contribution in [0.25, 0.3) is 0 Å². The molecule has 0 unspecified atom stereocenters. The van der Waals surface area contributed by atoms with Gasteiger partial charge in [0.2, 0.25) is 11.7 Å². The lowest BCUT2D eigenvalue weighted by Crippen LogP contribution is -2.66. The summed E-state index contributed by atoms with van der Waals surface area (Å²) in [5.41, 5.74) is -0.802. The maximum Gasteiger partial charge on any atom is 0.338 e. The van der Waals surface area contributed by atoms with E-state index in [1.165, 1.54) is 7.11 Å². The molecule has 3 heterocycles. The third-order valence-corrected chi connectivity index (χ3v) is 6.51. The van der Waals surface area contributed by atoms with Crippen molar-refractivity contribution in [3.8, 4) is 0 Å². The Balaban J connectivity index is 2.06. The van der Waals surface area contributed by atoms with Crippen LogP contribution < -0.4 is 0 Å². The highest BCUT2D eigenvalue weighted by Gasteiger charge is 2.76. The van der Waals surface area contributed by atoms with E-state index in [4.69, 9.17) is 9.47 Å². The van der Waals surface area contributed by atoms with Crippen LogP contribution in [0.3, 0.4) is 0 Å². The van der Waals surface area contributed by atoms with Crippen LogP contribution >= 0.6 is 0 Å². The predicted octanol–water partition coefficient (Wildman–Crippen LogP) is 2.20. The van der Waals surface area contributed by atoms with Crippen molar-refractivity contribution in [2.24, 2.45) is 0 Å². The number of Topliss-reactive ketones (excluding diaryl/α,β-unsaturated/α-hetero) is 1. The van der Waals surface area contributed by atoms with E-state index in [-0.39, 0.29) is 23.5 Å². The number of hydrogen-bond acceptors (Lipinski definition) is 5. The molecule has 2 fully saturated rings. The van der Waals surface area contributed by atoms with Gasteiger partial charge in [-0.2, -0.15) is 0 Å². The molecule has 3 atom stereocenters. The minimum atomic E-state index is -1.60. The molecule has 2 spiro atoms. The van der Waals surface area contributed by atoms with E-state index in [0.29, 0.717) is 43.3 Å². The van der Waals surface area contributed by atoms with Gasteiger partial charge in [-0.05, 0) is 50.7 Å². The molecule has 2 saturated heterocycles. The second-order valence-electron chi connectivity index (χ2n) is 7.48. The van der Waals surface area contributed by atoms with Crippen LogP contribution in [0.15, 0.2) is 35.1 Å². The van der Waals surface area contributed by atoms with Gasteiger partial charge < -0.3 is 14.4 Å². The van der Waals surface area contributed by atoms with Gasteiger partial charge in [0, 0.05) is 6.42 Å². The summed E-state index contributed by atoms with van der Waals surface area (Å²) >= 11 is 0. The molecule has 0 aromatic carbocycles. The minimum Gasteiger partial charge on any atom is -0.496 e. The fourth-order valence-electron chi connectivity index (χ4n) is 5.53. The van der Waals surface area contributed by atoms with Gasteiger partial charge in [0.05, 0.1) is 18.7 Å². The lowest BCUT2D eigenvalue weighted by atomic mass is 9.73. The zero-order valence-corrected chi connectivity index (χ0v) is 15.4. The van der Waals surface area contributed by atoms with Gasteiger partial charge in [-0.1, -0.05) is 6.08 Å². The summed E-state index contributed by atoms with van der Waals surface area (Å²) in [6.07, 6.45) is 4.69. The first-order chi connectivity index (χ1) is 12.4. The normalized spacial score (nSPS) is 36.5. The zero-order valence-electron chi connectivity index (χ0n) is 15.4. The number of methoxy groups -OCH3 is 1. The third kappa shape index (κ3) is 1.61. The highest BCUT2D eigenvalue weighted by atomic mass is 16.6. The number of hydrogen-bond donors (Lipinski definition) is 0. The lowest BCUT2D eigenvalue weighted by Gasteiger charge is -2.47. The van der Waals surface area contributed by atoms with Gasteiger partial charge >= 0.3 is 5.97 Å². The molecule has 4 aliphatic rings. The average molecular weight is 357 g/mol. The van der Waals surface area contributed by atoms with Crippen LogP contribution in [-0.4, -0.2) is 46.9 Å².